The first kappa shape index (κ1) is 19.8. The van der Waals surface area contributed by atoms with Gasteiger partial charge in [0.15, 0.2) is 0 Å². The third-order valence-corrected chi connectivity index (χ3v) is 5.26. The number of nitrogens with zero attached hydrogens (tertiary/aromatic N) is 1. The van der Waals surface area contributed by atoms with Crippen LogP contribution in [0.15, 0.2) is 72.1 Å². The lowest BCUT2D eigenvalue weighted by Gasteiger charge is -2.25. The largest absolute Gasteiger partial charge is 0.350 e. The number of benzene rings is 2. The number of carbonyl (C=O) groups excluding carboxylic acids is 2. The molecule has 0 unspecified atom stereocenters. The van der Waals surface area contributed by atoms with Crippen LogP contribution < -0.4 is 10.6 Å². The molecular weight excluding hydrogens is 370 g/mol. The van der Waals surface area contributed by atoms with E-state index in [4.69, 9.17) is 0 Å². The molecule has 0 bridgehead atoms. The number of anilines is 1. The van der Waals surface area contributed by atoms with E-state index in [0.717, 1.165) is 5.56 Å². The molecule has 0 aliphatic carbocycles. The van der Waals surface area contributed by atoms with E-state index in [-0.39, 0.29) is 17.9 Å². The molecule has 1 heterocycles. The van der Waals surface area contributed by atoms with Crippen LogP contribution >= 0.6 is 11.3 Å². The van der Waals surface area contributed by atoms with Crippen molar-refractivity contribution in [2.75, 3.05) is 26.0 Å². The molecule has 3 rings (SSSR count). The topological polar surface area (TPSA) is 61.4 Å². The molecule has 0 aliphatic heterocycles. The smallest absolute Gasteiger partial charge is 0.265 e. The maximum absolute atomic E-state index is 12.6. The molecule has 5 nitrogen and oxygen atoms in total. The summed E-state index contributed by atoms with van der Waals surface area (Å²) in [6, 6.07) is 20.7. The van der Waals surface area contributed by atoms with E-state index in [1.54, 1.807) is 30.3 Å². The van der Waals surface area contributed by atoms with Gasteiger partial charge >= 0.3 is 0 Å². The summed E-state index contributed by atoms with van der Waals surface area (Å²) < 4.78 is 0. The van der Waals surface area contributed by atoms with E-state index in [1.165, 1.54) is 11.3 Å². The molecule has 1 aromatic heterocycles. The lowest BCUT2D eigenvalue weighted by molar-refractivity contribution is 0.0940. The molecule has 2 N–H and O–H groups in total. The normalized spacial score (nSPS) is 11.8. The number of likely N-dealkylation sites (N-methyl/N-ethyl adjacent to an activating group) is 1. The van der Waals surface area contributed by atoms with Gasteiger partial charge < -0.3 is 15.5 Å². The molecule has 0 saturated heterocycles. The van der Waals surface area contributed by atoms with Crippen molar-refractivity contribution in [1.82, 2.24) is 10.2 Å². The standard InChI is InChI=1S/C22H23N3O2S/c1-25(2)19(16-8-4-3-5-9-16)15-23-21(26)17-10-6-11-18(14-17)24-22(27)20-12-7-13-28-20/h3-14,19H,15H2,1-2H3,(H,23,26)(H,24,27)/t19-/m1/s1. The Morgan fingerprint density at radius 2 is 1.75 bits per heavy atom. The van der Waals surface area contributed by atoms with Gasteiger partial charge in [-0.05, 0) is 49.3 Å². The van der Waals surface area contributed by atoms with Crippen molar-refractivity contribution < 1.29 is 9.59 Å². The van der Waals surface area contributed by atoms with E-state index in [1.807, 2.05) is 43.7 Å². The van der Waals surface area contributed by atoms with Crippen LogP contribution in [0.4, 0.5) is 5.69 Å². The molecule has 2 amide bonds. The highest BCUT2D eigenvalue weighted by atomic mass is 32.1. The molecule has 1 atom stereocenters. The molecular formula is C22H23N3O2S. The van der Waals surface area contributed by atoms with Gasteiger partial charge in [-0.25, -0.2) is 0 Å². The van der Waals surface area contributed by atoms with Gasteiger partial charge in [0, 0.05) is 17.8 Å². The van der Waals surface area contributed by atoms with E-state index in [2.05, 4.69) is 27.7 Å². The highest BCUT2D eigenvalue weighted by Crippen LogP contribution is 2.18. The summed E-state index contributed by atoms with van der Waals surface area (Å²) in [5.74, 6) is -0.348. The van der Waals surface area contributed by atoms with Crippen LogP contribution in [0.2, 0.25) is 0 Å². The van der Waals surface area contributed by atoms with Crippen LogP contribution in [0.25, 0.3) is 0 Å². The van der Waals surface area contributed by atoms with Crippen LogP contribution in [0.3, 0.4) is 0 Å². The van der Waals surface area contributed by atoms with Crippen LogP contribution in [0.1, 0.15) is 31.6 Å². The summed E-state index contributed by atoms with van der Waals surface area (Å²) in [6.45, 7) is 0.488. The van der Waals surface area contributed by atoms with Crippen molar-refractivity contribution in [1.29, 1.82) is 0 Å². The zero-order chi connectivity index (χ0) is 19.9. The Morgan fingerprint density at radius 3 is 2.43 bits per heavy atom. The fourth-order valence-corrected chi connectivity index (χ4v) is 3.52. The second-order valence-corrected chi connectivity index (χ2v) is 7.56. The fraction of sp³-hybridized carbons (Fsp3) is 0.182. The van der Waals surface area contributed by atoms with Gasteiger partial charge in [0.1, 0.15) is 0 Å². The van der Waals surface area contributed by atoms with Gasteiger partial charge in [0.2, 0.25) is 0 Å². The Bertz CT molecular complexity index is 924. The van der Waals surface area contributed by atoms with Crippen molar-refractivity contribution >= 4 is 28.8 Å². The van der Waals surface area contributed by atoms with Crippen molar-refractivity contribution in [3.63, 3.8) is 0 Å². The molecule has 6 heteroatoms. The molecule has 3 aromatic rings. The zero-order valence-electron chi connectivity index (χ0n) is 15.9. The number of amides is 2. The summed E-state index contributed by atoms with van der Waals surface area (Å²) in [5.41, 5.74) is 2.25. The van der Waals surface area contributed by atoms with Gasteiger partial charge in [-0.15, -0.1) is 11.3 Å². The summed E-state index contributed by atoms with van der Waals surface area (Å²) in [5, 5.41) is 7.68. The van der Waals surface area contributed by atoms with Crippen molar-refractivity contribution in [2.24, 2.45) is 0 Å². The number of carbonyl (C=O) groups is 2. The van der Waals surface area contributed by atoms with Crippen LogP contribution in [-0.4, -0.2) is 37.4 Å². The Morgan fingerprint density at radius 1 is 0.964 bits per heavy atom. The molecule has 28 heavy (non-hydrogen) atoms. The van der Waals surface area contributed by atoms with Crippen molar-refractivity contribution in [3.05, 3.63) is 88.1 Å². The Kier molecular flexibility index (Phi) is 6.57. The second-order valence-electron chi connectivity index (χ2n) is 6.61. The van der Waals surface area contributed by atoms with E-state index in [0.29, 0.717) is 22.7 Å². The van der Waals surface area contributed by atoms with Crippen molar-refractivity contribution in [2.45, 2.75) is 6.04 Å². The minimum atomic E-state index is -0.177. The first-order chi connectivity index (χ1) is 13.5. The number of thiophene rings is 1. The molecule has 0 saturated carbocycles. The maximum Gasteiger partial charge on any atom is 0.265 e. The maximum atomic E-state index is 12.6. The highest BCUT2D eigenvalue weighted by molar-refractivity contribution is 7.12. The van der Waals surface area contributed by atoms with Crippen LogP contribution in [0.5, 0.6) is 0 Å². The Labute approximate surface area is 169 Å². The van der Waals surface area contributed by atoms with Crippen LogP contribution in [-0.2, 0) is 0 Å². The van der Waals surface area contributed by atoms with Gasteiger partial charge in [-0.3, -0.25) is 9.59 Å². The lowest BCUT2D eigenvalue weighted by atomic mass is 10.1. The minimum Gasteiger partial charge on any atom is -0.350 e. The van der Waals surface area contributed by atoms with Crippen molar-refractivity contribution in [3.8, 4) is 0 Å². The Hall–Kier alpha value is -2.96. The third kappa shape index (κ3) is 5.06. The summed E-state index contributed by atoms with van der Waals surface area (Å²) in [7, 11) is 3.98. The lowest BCUT2D eigenvalue weighted by Crippen LogP contribution is -2.34. The summed E-state index contributed by atoms with van der Waals surface area (Å²) in [4.78, 5) is 27.5. The van der Waals surface area contributed by atoms with Crippen LogP contribution in [0, 0.1) is 0 Å². The predicted octanol–water partition coefficient (Wildman–Crippen LogP) is 4.03. The first-order valence-corrected chi connectivity index (χ1v) is 9.87. The summed E-state index contributed by atoms with van der Waals surface area (Å²) in [6.07, 6.45) is 0. The van der Waals surface area contributed by atoms with Gasteiger partial charge in [-0.1, -0.05) is 42.5 Å². The monoisotopic (exact) mass is 393 g/mol. The quantitative estimate of drug-likeness (QED) is 0.637. The molecule has 0 aliphatic rings. The summed E-state index contributed by atoms with van der Waals surface area (Å²) >= 11 is 1.38. The second kappa shape index (κ2) is 9.30. The van der Waals surface area contributed by atoms with Gasteiger partial charge in [0.25, 0.3) is 11.8 Å². The minimum absolute atomic E-state index is 0.0758. The molecule has 0 spiro atoms. The molecule has 0 radical (unpaired) electrons. The van der Waals surface area contributed by atoms with E-state index in [9.17, 15) is 9.59 Å². The van der Waals surface area contributed by atoms with E-state index >= 15 is 0 Å². The number of rotatable bonds is 7. The number of hydrogen-bond donors (Lipinski definition) is 2. The third-order valence-electron chi connectivity index (χ3n) is 4.39. The average molecular weight is 394 g/mol. The molecule has 144 valence electrons. The number of nitrogens with one attached hydrogen (secondary N) is 2. The average Bonchev–Trinajstić information content (AvgIpc) is 3.24. The number of hydrogen-bond acceptors (Lipinski definition) is 4. The Balaban J connectivity index is 1.65. The van der Waals surface area contributed by atoms with Gasteiger partial charge in [-0.2, -0.15) is 0 Å². The SMILES string of the molecule is CN(C)[C@H](CNC(=O)c1cccc(NC(=O)c2cccs2)c1)c1ccccc1. The predicted molar refractivity (Wildman–Crippen MR) is 114 cm³/mol. The zero-order valence-corrected chi connectivity index (χ0v) is 16.7. The fourth-order valence-electron chi connectivity index (χ4n) is 2.90. The highest BCUT2D eigenvalue weighted by Gasteiger charge is 2.16. The van der Waals surface area contributed by atoms with Gasteiger partial charge in [0.05, 0.1) is 10.9 Å². The van der Waals surface area contributed by atoms with E-state index < -0.39 is 0 Å². The molecule has 2 aromatic carbocycles. The molecule has 0 fully saturated rings. The first-order valence-electron chi connectivity index (χ1n) is 8.99.